The van der Waals surface area contributed by atoms with Crippen molar-refractivity contribution >= 4 is 55.1 Å². The molecule has 20 heavy (non-hydrogen) atoms. The van der Waals surface area contributed by atoms with Gasteiger partial charge < -0.3 is 15.0 Å². The topological polar surface area (TPSA) is 84.2 Å². The van der Waals surface area contributed by atoms with Crippen molar-refractivity contribution in [2.45, 2.75) is 6.54 Å². The number of imidazole rings is 1. The average Bonchev–Trinajstić information content (AvgIpc) is 2.98. The van der Waals surface area contributed by atoms with Gasteiger partial charge in [-0.25, -0.2) is 9.78 Å². The molecule has 1 amide bonds. The summed E-state index contributed by atoms with van der Waals surface area (Å²) in [5.74, 6) is -1.24. The number of aromatic carboxylic acids is 1. The van der Waals surface area contributed by atoms with Crippen LogP contribution in [-0.4, -0.2) is 33.1 Å². The summed E-state index contributed by atoms with van der Waals surface area (Å²) in [7, 11) is 0. The molecule has 0 aromatic carbocycles. The molecule has 0 aliphatic heterocycles. The Kier molecular flexibility index (Phi) is 4.95. The first-order chi connectivity index (χ1) is 9.47. The Morgan fingerprint density at radius 2 is 2.20 bits per heavy atom. The molecule has 0 aliphatic carbocycles. The molecule has 0 fully saturated rings. The third-order valence-electron chi connectivity index (χ3n) is 2.38. The Bertz CT molecular complexity index is 634. The summed E-state index contributed by atoms with van der Waals surface area (Å²) in [6.45, 7) is 0.848. The van der Waals surface area contributed by atoms with Crippen molar-refractivity contribution in [3.05, 3.63) is 37.4 Å². The van der Waals surface area contributed by atoms with Crippen LogP contribution in [0.4, 0.5) is 0 Å². The second kappa shape index (κ2) is 6.51. The highest BCUT2D eigenvalue weighted by Gasteiger charge is 2.11. The highest BCUT2D eigenvalue weighted by molar-refractivity contribution is 9.13. The van der Waals surface area contributed by atoms with Crippen LogP contribution in [0.1, 0.15) is 20.2 Å². The number of aromatic nitrogens is 2. The normalized spacial score (nSPS) is 10.5. The number of hydrogen-bond donors (Lipinski definition) is 2. The van der Waals surface area contributed by atoms with Crippen molar-refractivity contribution in [3.63, 3.8) is 0 Å². The maximum Gasteiger partial charge on any atom is 0.356 e. The minimum Gasteiger partial charge on any atom is -0.476 e. The monoisotopic (exact) mass is 421 g/mol. The van der Waals surface area contributed by atoms with E-state index in [9.17, 15) is 9.59 Å². The number of carboxylic acids is 1. The number of carboxylic acid groups (broad SMARTS) is 1. The van der Waals surface area contributed by atoms with Crippen LogP contribution in [-0.2, 0) is 6.54 Å². The van der Waals surface area contributed by atoms with E-state index in [2.05, 4.69) is 42.2 Å². The molecule has 2 aromatic heterocycles. The minimum absolute atomic E-state index is 0.0116. The molecule has 106 valence electrons. The largest absolute Gasteiger partial charge is 0.476 e. The fourth-order valence-electron chi connectivity index (χ4n) is 1.44. The molecule has 0 unspecified atom stereocenters. The highest BCUT2D eigenvalue weighted by Crippen LogP contribution is 2.32. The molecule has 2 N–H and O–H groups in total. The van der Waals surface area contributed by atoms with Crippen LogP contribution in [0.15, 0.2) is 26.8 Å². The lowest BCUT2D eigenvalue weighted by molar-refractivity contribution is 0.0690. The Labute approximate surface area is 135 Å². The Morgan fingerprint density at radius 3 is 2.75 bits per heavy atom. The van der Waals surface area contributed by atoms with E-state index in [0.717, 1.165) is 8.26 Å². The van der Waals surface area contributed by atoms with Crippen LogP contribution in [0.2, 0.25) is 0 Å². The zero-order valence-corrected chi connectivity index (χ0v) is 14.0. The van der Waals surface area contributed by atoms with Crippen molar-refractivity contribution in [3.8, 4) is 0 Å². The lowest BCUT2D eigenvalue weighted by atomic mass is 10.4. The van der Waals surface area contributed by atoms with Gasteiger partial charge in [0.25, 0.3) is 5.91 Å². The van der Waals surface area contributed by atoms with Gasteiger partial charge in [0.15, 0.2) is 5.69 Å². The van der Waals surface area contributed by atoms with Crippen LogP contribution < -0.4 is 5.32 Å². The quantitative estimate of drug-likeness (QED) is 0.775. The highest BCUT2D eigenvalue weighted by atomic mass is 79.9. The molecule has 0 aliphatic rings. The van der Waals surface area contributed by atoms with Crippen molar-refractivity contribution in [2.24, 2.45) is 0 Å². The maximum atomic E-state index is 11.9. The number of carbonyl (C=O) groups excluding carboxylic acids is 1. The van der Waals surface area contributed by atoms with Crippen molar-refractivity contribution in [1.82, 2.24) is 14.9 Å². The summed E-state index contributed by atoms with van der Waals surface area (Å²) in [5.41, 5.74) is -0.0116. The lowest BCUT2D eigenvalue weighted by Gasteiger charge is -2.03. The van der Waals surface area contributed by atoms with Gasteiger partial charge in [0, 0.05) is 23.8 Å². The summed E-state index contributed by atoms with van der Waals surface area (Å²) in [5, 5.41) is 11.5. The number of hydrogen-bond acceptors (Lipinski definition) is 4. The van der Waals surface area contributed by atoms with Crippen molar-refractivity contribution < 1.29 is 14.7 Å². The fraction of sp³-hybridized carbons (Fsp3) is 0.182. The lowest BCUT2D eigenvalue weighted by Crippen LogP contribution is -2.26. The summed E-state index contributed by atoms with van der Waals surface area (Å²) < 4.78 is 3.32. The van der Waals surface area contributed by atoms with Crippen LogP contribution in [0, 0.1) is 0 Å². The van der Waals surface area contributed by atoms with Gasteiger partial charge in [-0.15, -0.1) is 11.3 Å². The molecule has 0 saturated carbocycles. The Hall–Kier alpha value is -1.19. The van der Waals surface area contributed by atoms with Crippen LogP contribution in [0.3, 0.4) is 0 Å². The number of carbonyl (C=O) groups is 2. The molecule has 0 atom stereocenters. The minimum atomic E-state index is -1.07. The molecule has 9 heteroatoms. The second-order valence-electron chi connectivity index (χ2n) is 3.79. The van der Waals surface area contributed by atoms with E-state index < -0.39 is 5.97 Å². The third-order valence-corrected chi connectivity index (χ3v) is 5.63. The number of thiophene rings is 1. The summed E-state index contributed by atoms with van der Waals surface area (Å²) in [6.07, 6.45) is 2.85. The summed E-state index contributed by atoms with van der Waals surface area (Å²) >= 11 is 7.99. The zero-order valence-electron chi connectivity index (χ0n) is 9.97. The first kappa shape index (κ1) is 15.2. The van der Waals surface area contributed by atoms with E-state index >= 15 is 0 Å². The third kappa shape index (κ3) is 3.68. The summed E-state index contributed by atoms with van der Waals surface area (Å²) in [6, 6.07) is 1.74. The smallest absolute Gasteiger partial charge is 0.356 e. The number of halogens is 2. The number of rotatable bonds is 5. The molecule has 2 aromatic rings. The van der Waals surface area contributed by atoms with E-state index in [1.165, 1.54) is 23.9 Å². The van der Waals surface area contributed by atoms with E-state index in [-0.39, 0.29) is 11.6 Å². The standard InChI is InChI=1S/C11H9Br2N3O3S/c12-6-3-8(20-9(6)13)10(17)14-1-2-16-4-7(11(18)19)15-5-16/h3-5H,1-2H2,(H,14,17)(H,18,19). The Morgan fingerprint density at radius 1 is 1.45 bits per heavy atom. The molecular weight excluding hydrogens is 414 g/mol. The van der Waals surface area contributed by atoms with Crippen LogP contribution in [0.5, 0.6) is 0 Å². The van der Waals surface area contributed by atoms with Gasteiger partial charge in [0.05, 0.1) is 15.0 Å². The molecule has 0 spiro atoms. The van der Waals surface area contributed by atoms with Crippen LogP contribution in [0.25, 0.3) is 0 Å². The van der Waals surface area contributed by atoms with Crippen molar-refractivity contribution in [1.29, 1.82) is 0 Å². The number of nitrogens with one attached hydrogen (secondary N) is 1. The van der Waals surface area contributed by atoms with Crippen molar-refractivity contribution in [2.75, 3.05) is 6.54 Å². The first-order valence-corrected chi connectivity index (χ1v) is 7.85. The molecule has 0 bridgehead atoms. The number of nitrogens with zero attached hydrogens (tertiary/aromatic N) is 2. The van der Waals surface area contributed by atoms with Gasteiger partial charge in [-0.2, -0.15) is 0 Å². The van der Waals surface area contributed by atoms with Gasteiger partial charge >= 0.3 is 5.97 Å². The predicted molar refractivity (Wildman–Crippen MR) is 81.2 cm³/mol. The van der Waals surface area contributed by atoms with E-state index in [1.807, 2.05) is 0 Å². The molecule has 2 heterocycles. The van der Waals surface area contributed by atoms with Gasteiger partial charge in [0.2, 0.25) is 0 Å². The fourth-order valence-corrected chi connectivity index (χ4v) is 3.39. The molecule has 2 rings (SSSR count). The van der Waals surface area contributed by atoms with Gasteiger partial charge in [-0.1, -0.05) is 0 Å². The Balaban J connectivity index is 1.86. The second-order valence-corrected chi connectivity index (χ2v) is 7.01. The molecule has 6 nitrogen and oxygen atoms in total. The van der Waals surface area contributed by atoms with Crippen LogP contribution >= 0.6 is 43.2 Å². The predicted octanol–water partition coefficient (Wildman–Crippen LogP) is 2.60. The van der Waals surface area contributed by atoms with E-state index in [1.54, 1.807) is 10.6 Å². The molecule has 0 radical (unpaired) electrons. The van der Waals surface area contributed by atoms with Gasteiger partial charge in [0.1, 0.15) is 0 Å². The first-order valence-electron chi connectivity index (χ1n) is 5.45. The SMILES string of the molecule is O=C(O)c1cn(CCNC(=O)c2cc(Br)c(Br)s2)cn1. The van der Waals surface area contributed by atoms with Gasteiger partial charge in [-0.05, 0) is 37.9 Å². The maximum absolute atomic E-state index is 11.9. The van der Waals surface area contributed by atoms with E-state index in [0.29, 0.717) is 18.0 Å². The van der Waals surface area contributed by atoms with E-state index in [4.69, 9.17) is 5.11 Å². The molecular formula is C11H9Br2N3O3S. The summed E-state index contributed by atoms with van der Waals surface area (Å²) in [4.78, 5) is 26.8. The average molecular weight is 423 g/mol. The molecule has 0 saturated heterocycles. The zero-order chi connectivity index (χ0) is 14.7. The van der Waals surface area contributed by atoms with Gasteiger partial charge in [-0.3, -0.25) is 4.79 Å². The number of amides is 1.